The number of hydrogen-bond donors (Lipinski definition) is 0. The predicted molar refractivity (Wildman–Crippen MR) is 44.2 cm³/mol. The van der Waals surface area contributed by atoms with Crippen molar-refractivity contribution in [1.82, 2.24) is 0 Å². The second-order valence-corrected chi connectivity index (χ2v) is 3.32. The lowest BCUT2D eigenvalue weighted by atomic mass is 9.89. The highest BCUT2D eigenvalue weighted by molar-refractivity contribution is 5.88. The van der Waals surface area contributed by atoms with Gasteiger partial charge in [-0.15, -0.1) is 0 Å². The second kappa shape index (κ2) is 3.59. The van der Waals surface area contributed by atoms with E-state index >= 15 is 0 Å². The van der Waals surface area contributed by atoms with E-state index < -0.39 is 0 Å². The number of nitrogens with zero attached hydrogens (tertiary/aromatic N) is 1. The van der Waals surface area contributed by atoms with E-state index in [0.717, 1.165) is 12.1 Å². The highest BCUT2D eigenvalue weighted by Gasteiger charge is 2.17. The number of oxime groups is 1. The molecule has 0 bridgehead atoms. The standard InChI is InChI=1S/C8H17NO/c1-6-7(9-10-5)8(2,3)4/h6H2,1-5H3. The zero-order valence-electron chi connectivity index (χ0n) is 7.56. The zero-order chi connectivity index (χ0) is 8.20. The molecule has 10 heavy (non-hydrogen) atoms. The van der Waals surface area contributed by atoms with Gasteiger partial charge in [-0.25, -0.2) is 0 Å². The van der Waals surface area contributed by atoms with Crippen molar-refractivity contribution in [2.45, 2.75) is 34.1 Å². The molecule has 0 fully saturated rings. The first-order chi connectivity index (χ1) is 4.52. The van der Waals surface area contributed by atoms with Crippen molar-refractivity contribution in [3.8, 4) is 0 Å². The second-order valence-electron chi connectivity index (χ2n) is 3.32. The monoisotopic (exact) mass is 143 g/mol. The minimum absolute atomic E-state index is 0.144. The zero-order valence-corrected chi connectivity index (χ0v) is 7.56. The van der Waals surface area contributed by atoms with Crippen LogP contribution >= 0.6 is 0 Å². The molecule has 0 rings (SSSR count). The van der Waals surface area contributed by atoms with Crippen LogP contribution in [0, 0.1) is 5.41 Å². The molecule has 0 aliphatic carbocycles. The molecule has 0 spiro atoms. The van der Waals surface area contributed by atoms with Crippen LogP contribution < -0.4 is 0 Å². The SMILES string of the molecule is CCC(=NOC)C(C)(C)C. The van der Waals surface area contributed by atoms with E-state index in [4.69, 9.17) is 4.84 Å². The molecule has 0 saturated carbocycles. The highest BCUT2D eigenvalue weighted by atomic mass is 16.6. The lowest BCUT2D eigenvalue weighted by molar-refractivity contribution is 0.208. The van der Waals surface area contributed by atoms with Crippen LogP contribution in [0.1, 0.15) is 34.1 Å². The Balaban J connectivity index is 4.21. The van der Waals surface area contributed by atoms with Gasteiger partial charge in [-0.2, -0.15) is 0 Å². The molecule has 0 radical (unpaired) electrons. The van der Waals surface area contributed by atoms with Crippen molar-refractivity contribution in [2.75, 3.05) is 7.11 Å². The van der Waals surface area contributed by atoms with Crippen LogP contribution in [0.2, 0.25) is 0 Å². The average Bonchev–Trinajstić information content (AvgIpc) is 1.80. The summed E-state index contributed by atoms with van der Waals surface area (Å²) in [5.74, 6) is 0. The van der Waals surface area contributed by atoms with Crippen molar-refractivity contribution < 1.29 is 4.84 Å². The van der Waals surface area contributed by atoms with Gasteiger partial charge < -0.3 is 4.84 Å². The maximum atomic E-state index is 4.71. The summed E-state index contributed by atoms with van der Waals surface area (Å²) in [5, 5.41) is 3.93. The summed E-state index contributed by atoms with van der Waals surface area (Å²) >= 11 is 0. The van der Waals surface area contributed by atoms with Crippen LogP contribution in [0.25, 0.3) is 0 Å². The molecular formula is C8H17NO. The van der Waals surface area contributed by atoms with Gasteiger partial charge in [-0.05, 0) is 6.42 Å². The molecule has 0 amide bonds. The Labute approximate surface area is 63.3 Å². The number of hydrogen-bond acceptors (Lipinski definition) is 2. The van der Waals surface area contributed by atoms with Gasteiger partial charge in [-0.3, -0.25) is 0 Å². The maximum absolute atomic E-state index is 4.71. The largest absolute Gasteiger partial charge is 0.399 e. The van der Waals surface area contributed by atoms with Gasteiger partial charge in [0, 0.05) is 5.41 Å². The minimum atomic E-state index is 0.144. The Kier molecular flexibility index (Phi) is 3.40. The molecule has 0 unspecified atom stereocenters. The van der Waals surface area contributed by atoms with E-state index in [2.05, 4.69) is 32.9 Å². The van der Waals surface area contributed by atoms with Crippen molar-refractivity contribution in [1.29, 1.82) is 0 Å². The molecule has 0 aliphatic heterocycles. The molecule has 0 aromatic heterocycles. The van der Waals surface area contributed by atoms with Crippen LogP contribution in [0.5, 0.6) is 0 Å². The van der Waals surface area contributed by atoms with Gasteiger partial charge in [0.1, 0.15) is 7.11 Å². The third-order valence-electron chi connectivity index (χ3n) is 1.40. The molecule has 2 nitrogen and oxygen atoms in total. The first-order valence-electron chi connectivity index (χ1n) is 3.63. The van der Waals surface area contributed by atoms with Gasteiger partial charge in [0.25, 0.3) is 0 Å². The third kappa shape index (κ3) is 2.85. The smallest absolute Gasteiger partial charge is 0.106 e. The molecular weight excluding hydrogens is 126 g/mol. The third-order valence-corrected chi connectivity index (χ3v) is 1.40. The summed E-state index contributed by atoms with van der Waals surface area (Å²) < 4.78 is 0. The first-order valence-corrected chi connectivity index (χ1v) is 3.63. The lowest BCUT2D eigenvalue weighted by Gasteiger charge is -2.18. The van der Waals surface area contributed by atoms with Crippen molar-refractivity contribution in [3.05, 3.63) is 0 Å². The fraction of sp³-hybridized carbons (Fsp3) is 0.875. The minimum Gasteiger partial charge on any atom is -0.399 e. The van der Waals surface area contributed by atoms with Crippen molar-refractivity contribution >= 4 is 5.71 Å². The first kappa shape index (κ1) is 9.47. The maximum Gasteiger partial charge on any atom is 0.106 e. The van der Waals surface area contributed by atoms with Crippen molar-refractivity contribution in [2.24, 2.45) is 10.6 Å². The van der Waals surface area contributed by atoms with E-state index in [9.17, 15) is 0 Å². The molecule has 0 aliphatic rings. The lowest BCUT2D eigenvalue weighted by Crippen LogP contribution is -2.19. The fourth-order valence-corrected chi connectivity index (χ4v) is 0.842. The Morgan fingerprint density at radius 3 is 2.00 bits per heavy atom. The Hall–Kier alpha value is -0.530. The van der Waals surface area contributed by atoms with Gasteiger partial charge in [0.05, 0.1) is 5.71 Å². The van der Waals surface area contributed by atoms with E-state index in [-0.39, 0.29) is 5.41 Å². The summed E-state index contributed by atoms with van der Waals surface area (Å²) in [6.45, 7) is 8.49. The summed E-state index contributed by atoms with van der Waals surface area (Å²) in [5.41, 5.74) is 1.25. The highest BCUT2D eigenvalue weighted by Crippen LogP contribution is 2.18. The molecule has 0 heterocycles. The Bertz CT molecular complexity index is 122. The quantitative estimate of drug-likeness (QED) is 0.430. The molecule has 60 valence electrons. The molecule has 0 saturated heterocycles. The van der Waals surface area contributed by atoms with E-state index in [1.807, 2.05) is 0 Å². The van der Waals surface area contributed by atoms with Gasteiger partial charge in [0.15, 0.2) is 0 Å². The van der Waals surface area contributed by atoms with Crippen LogP contribution in [-0.4, -0.2) is 12.8 Å². The normalized spacial score (nSPS) is 13.5. The summed E-state index contributed by atoms with van der Waals surface area (Å²) in [7, 11) is 1.58. The number of rotatable bonds is 2. The fourth-order valence-electron chi connectivity index (χ4n) is 0.842. The van der Waals surface area contributed by atoms with Crippen LogP contribution in [0.15, 0.2) is 5.16 Å². The molecule has 0 N–H and O–H groups in total. The summed E-state index contributed by atoms with van der Waals surface area (Å²) in [6.07, 6.45) is 0.956. The average molecular weight is 143 g/mol. The van der Waals surface area contributed by atoms with Crippen LogP contribution in [-0.2, 0) is 4.84 Å². The predicted octanol–water partition coefficient (Wildman–Crippen LogP) is 2.44. The van der Waals surface area contributed by atoms with Crippen LogP contribution in [0.3, 0.4) is 0 Å². The van der Waals surface area contributed by atoms with Gasteiger partial charge >= 0.3 is 0 Å². The Morgan fingerprint density at radius 1 is 1.40 bits per heavy atom. The van der Waals surface area contributed by atoms with Gasteiger partial charge in [-0.1, -0.05) is 32.9 Å². The topological polar surface area (TPSA) is 21.6 Å². The van der Waals surface area contributed by atoms with E-state index in [1.165, 1.54) is 0 Å². The van der Waals surface area contributed by atoms with E-state index in [1.54, 1.807) is 7.11 Å². The molecule has 0 atom stereocenters. The van der Waals surface area contributed by atoms with E-state index in [0.29, 0.717) is 0 Å². The molecule has 0 aromatic carbocycles. The Morgan fingerprint density at radius 2 is 1.90 bits per heavy atom. The summed E-state index contributed by atoms with van der Waals surface area (Å²) in [4.78, 5) is 4.71. The molecule has 2 heteroatoms. The van der Waals surface area contributed by atoms with Gasteiger partial charge in [0.2, 0.25) is 0 Å². The molecule has 0 aromatic rings. The van der Waals surface area contributed by atoms with Crippen LogP contribution in [0.4, 0.5) is 0 Å². The summed E-state index contributed by atoms with van der Waals surface area (Å²) in [6, 6.07) is 0. The van der Waals surface area contributed by atoms with Crippen molar-refractivity contribution in [3.63, 3.8) is 0 Å².